The van der Waals surface area contributed by atoms with Gasteiger partial charge in [-0.3, -0.25) is 4.99 Å². The number of ether oxygens (including phenoxy) is 1. The summed E-state index contributed by atoms with van der Waals surface area (Å²) in [5, 5.41) is 3.49. The van der Waals surface area contributed by atoms with Gasteiger partial charge in [-0.2, -0.15) is 0 Å². The van der Waals surface area contributed by atoms with Crippen molar-refractivity contribution >= 4 is 36.0 Å². The Morgan fingerprint density at radius 1 is 1.12 bits per heavy atom. The van der Waals surface area contributed by atoms with Crippen LogP contribution in [0, 0.1) is 5.92 Å². The zero-order valence-corrected chi connectivity index (χ0v) is 18.2. The van der Waals surface area contributed by atoms with Gasteiger partial charge in [0.2, 0.25) is 0 Å². The Labute approximate surface area is 169 Å². The monoisotopic (exact) mass is 467 g/mol. The molecular formula is C17H34IN5O2. The Balaban J connectivity index is 0.00000312. The SMILES string of the molecule is CCOC(=O)N1CCN(C(=NC)NCCC2CCN(C)CC2)CC1.I. The first-order valence-corrected chi connectivity index (χ1v) is 9.19. The second kappa shape index (κ2) is 11.8. The van der Waals surface area contributed by atoms with Crippen LogP contribution in [0.4, 0.5) is 4.79 Å². The maximum atomic E-state index is 11.8. The van der Waals surface area contributed by atoms with Crippen LogP contribution in [0.2, 0.25) is 0 Å². The molecule has 0 atom stereocenters. The zero-order chi connectivity index (χ0) is 17.4. The molecule has 2 rings (SSSR count). The summed E-state index contributed by atoms with van der Waals surface area (Å²) in [7, 11) is 4.03. The molecule has 2 fully saturated rings. The predicted molar refractivity (Wildman–Crippen MR) is 112 cm³/mol. The molecule has 0 spiro atoms. The molecule has 0 saturated carbocycles. The third-order valence-electron chi connectivity index (χ3n) is 4.99. The van der Waals surface area contributed by atoms with Gasteiger partial charge in [-0.15, -0.1) is 24.0 Å². The lowest BCUT2D eigenvalue weighted by atomic mass is 9.94. The first-order chi connectivity index (χ1) is 11.6. The molecule has 2 saturated heterocycles. The Morgan fingerprint density at radius 3 is 2.28 bits per heavy atom. The van der Waals surface area contributed by atoms with Crippen LogP contribution in [-0.2, 0) is 4.74 Å². The maximum absolute atomic E-state index is 11.8. The molecular weight excluding hydrogens is 433 g/mol. The summed E-state index contributed by atoms with van der Waals surface area (Å²) in [5.41, 5.74) is 0. The Hall–Kier alpha value is -0.770. The first kappa shape index (κ1) is 22.3. The summed E-state index contributed by atoms with van der Waals surface area (Å²) < 4.78 is 5.06. The highest BCUT2D eigenvalue weighted by Crippen LogP contribution is 2.18. The van der Waals surface area contributed by atoms with E-state index in [-0.39, 0.29) is 30.1 Å². The van der Waals surface area contributed by atoms with E-state index in [1.165, 1.54) is 32.4 Å². The van der Waals surface area contributed by atoms with Gasteiger partial charge in [0.05, 0.1) is 6.61 Å². The highest BCUT2D eigenvalue weighted by Gasteiger charge is 2.24. The molecule has 0 radical (unpaired) electrons. The molecule has 1 amide bonds. The second-order valence-corrected chi connectivity index (χ2v) is 6.68. The Bertz CT molecular complexity index is 419. The van der Waals surface area contributed by atoms with E-state index in [2.05, 4.69) is 27.2 Å². The van der Waals surface area contributed by atoms with Crippen LogP contribution in [0.25, 0.3) is 0 Å². The number of amides is 1. The second-order valence-electron chi connectivity index (χ2n) is 6.68. The molecule has 146 valence electrons. The average molecular weight is 467 g/mol. The number of hydrogen-bond acceptors (Lipinski definition) is 4. The van der Waals surface area contributed by atoms with Crippen molar-refractivity contribution in [2.45, 2.75) is 26.2 Å². The number of halogens is 1. The number of piperazine rings is 1. The number of piperidine rings is 1. The van der Waals surface area contributed by atoms with Gasteiger partial charge in [-0.05, 0) is 52.2 Å². The molecule has 0 aromatic rings. The van der Waals surface area contributed by atoms with Crippen LogP contribution in [0.3, 0.4) is 0 Å². The van der Waals surface area contributed by atoms with E-state index in [9.17, 15) is 4.79 Å². The quantitative estimate of drug-likeness (QED) is 0.388. The summed E-state index contributed by atoms with van der Waals surface area (Å²) >= 11 is 0. The molecule has 1 N–H and O–H groups in total. The summed E-state index contributed by atoms with van der Waals surface area (Å²) in [6.07, 6.45) is 3.60. The van der Waals surface area contributed by atoms with E-state index in [0.29, 0.717) is 19.7 Å². The molecule has 2 aliphatic rings. The number of carbonyl (C=O) groups excluding carboxylic acids is 1. The maximum Gasteiger partial charge on any atom is 0.409 e. The predicted octanol–water partition coefficient (Wildman–Crippen LogP) is 1.69. The highest BCUT2D eigenvalue weighted by molar-refractivity contribution is 14.0. The van der Waals surface area contributed by atoms with Crippen molar-refractivity contribution in [3.05, 3.63) is 0 Å². The minimum atomic E-state index is -0.206. The van der Waals surface area contributed by atoms with Crippen molar-refractivity contribution in [3.8, 4) is 0 Å². The standard InChI is InChI=1S/C17H33N5O2.HI/c1-4-24-17(23)22-13-11-21(12-14-22)16(18-2)19-8-5-15-6-9-20(3)10-7-15;/h15H,4-14H2,1-3H3,(H,18,19);1H. The van der Waals surface area contributed by atoms with Crippen molar-refractivity contribution in [1.29, 1.82) is 0 Å². The van der Waals surface area contributed by atoms with Crippen LogP contribution in [0.1, 0.15) is 26.2 Å². The molecule has 2 heterocycles. The van der Waals surface area contributed by atoms with Crippen molar-refractivity contribution in [2.24, 2.45) is 10.9 Å². The van der Waals surface area contributed by atoms with Crippen molar-refractivity contribution in [1.82, 2.24) is 20.0 Å². The minimum absolute atomic E-state index is 0. The minimum Gasteiger partial charge on any atom is -0.450 e. The summed E-state index contributed by atoms with van der Waals surface area (Å²) in [6, 6.07) is 0. The van der Waals surface area contributed by atoms with Gasteiger partial charge >= 0.3 is 6.09 Å². The highest BCUT2D eigenvalue weighted by atomic mass is 127. The molecule has 2 aliphatic heterocycles. The molecule has 0 unspecified atom stereocenters. The zero-order valence-electron chi connectivity index (χ0n) is 15.9. The van der Waals surface area contributed by atoms with Gasteiger partial charge < -0.3 is 24.8 Å². The van der Waals surface area contributed by atoms with E-state index in [1.54, 1.807) is 4.90 Å². The van der Waals surface area contributed by atoms with Gasteiger partial charge in [-0.25, -0.2) is 4.79 Å². The summed E-state index contributed by atoms with van der Waals surface area (Å²) in [4.78, 5) is 22.6. The lowest BCUT2D eigenvalue weighted by Gasteiger charge is -2.36. The fraction of sp³-hybridized carbons (Fsp3) is 0.882. The first-order valence-electron chi connectivity index (χ1n) is 9.19. The topological polar surface area (TPSA) is 60.4 Å². The molecule has 0 aromatic heterocycles. The third kappa shape index (κ3) is 7.16. The van der Waals surface area contributed by atoms with E-state index in [0.717, 1.165) is 31.5 Å². The molecule has 7 nitrogen and oxygen atoms in total. The van der Waals surface area contributed by atoms with Crippen LogP contribution < -0.4 is 5.32 Å². The normalized spacial score (nSPS) is 20.2. The van der Waals surface area contributed by atoms with Gasteiger partial charge in [-0.1, -0.05) is 0 Å². The lowest BCUT2D eigenvalue weighted by Crippen LogP contribution is -2.54. The third-order valence-corrected chi connectivity index (χ3v) is 4.99. The Morgan fingerprint density at radius 2 is 1.72 bits per heavy atom. The van der Waals surface area contributed by atoms with Gasteiger partial charge in [0.25, 0.3) is 0 Å². The van der Waals surface area contributed by atoms with Gasteiger partial charge in [0.1, 0.15) is 0 Å². The van der Waals surface area contributed by atoms with Crippen LogP contribution >= 0.6 is 24.0 Å². The van der Waals surface area contributed by atoms with Crippen molar-refractivity contribution in [2.75, 3.05) is 66.5 Å². The number of hydrogen-bond donors (Lipinski definition) is 1. The fourth-order valence-electron chi connectivity index (χ4n) is 3.39. The van der Waals surface area contributed by atoms with E-state index in [1.807, 2.05) is 14.0 Å². The smallest absolute Gasteiger partial charge is 0.409 e. The number of rotatable bonds is 4. The van der Waals surface area contributed by atoms with Gasteiger partial charge in [0, 0.05) is 39.8 Å². The largest absolute Gasteiger partial charge is 0.450 e. The number of likely N-dealkylation sites (tertiary alicyclic amines) is 1. The number of aliphatic imine (C=N–C) groups is 1. The number of carbonyl (C=O) groups is 1. The molecule has 8 heteroatoms. The Kier molecular flexibility index (Phi) is 10.5. The van der Waals surface area contributed by atoms with Crippen molar-refractivity contribution in [3.63, 3.8) is 0 Å². The number of guanidine groups is 1. The summed E-state index contributed by atoms with van der Waals surface area (Å²) in [5.74, 6) is 1.78. The molecule has 25 heavy (non-hydrogen) atoms. The number of nitrogens with one attached hydrogen (secondary N) is 1. The fourth-order valence-corrected chi connectivity index (χ4v) is 3.39. The van der Waals surface area contributed by atoms with E-state index in [4.69, 9.17) is 4.74 Å². The van der Waals surface area contributed by atoms with Crippen LogP contribution in [0.15, 0.2) is 4.99 Å². The molecule has 0 aromatic carbocycles. The molecule has 0 bridgehead atoms. The van der Waals surface area contributed by atoms with Crippen molar-refractivity contribution < 1.29 is 9.53 Å². The van der Waals surface area contributed by atoms with Gasteiger partial charge in [0.15, 0.2) is 5.96 Å². The lowest BCUT2D eigenvalue weighted by molar-refractivity contribution is 0.0914. The van der Waals surface area contributed by atoms with Crippen LogP contribution in [0.5, 0.6) is 0 Å². The van der Waals surface area contributed by atoms with E-state index >= 15 is 0 Å². The molecule has 0 aliphatic carbocycles. The number of nitrogens with zero attached hydrogens (tertiary/aromatic N) is 4. The average Bonchev–Trinajstić information content (AvgIpc) is 2.61. The summed E-state index contributed by atoms with van der Waals surface area (Å²) in [6.45, 7) is 8.65. The van der Waals surface area contributed by atoms with E-state index < -0.39 is 0 Å². The van der Waals surface area contributed by atoms with Crippen LogP contribution in [-0.4, -0.2) is 93.3 Å².